The zero-order valence-electron chi connectivity index (χ0n) is 27.9. The molecule has 2 fully saturated rings. The molecule has 11 heteroatoms. The Morgan fingerprint density at radius 2 is 1.76 bits per heavy atom. The Hall–Kier alpha value is -3.99. The molecule has 4 heterocycles. The Kier molecular flexibility index (Phi) is 10.6. The number of ether oxygens (including phenoxy) is 2. The topological polar surface area (TPSA) is 125 Å². The molecule has 0 aromatic heterocycles. The fourth-order valence-corrected chi connectivity index (χ4v) is 8.15. The number of hydrogen-bond donors (Lipinski definition) is 2. The Morgan fingerprint density at radius 1 is 0.980 bits per heavy atom. The van der Waals surface area contributed by atoms with E-state index in [9.17, 15) is 19.5 Å². The minimum atomic E-state index is -1.39. The number of nitrogens with one attached hydrogen (secondary N) is 1. The molecule has 6 rings (SSSR count). The van der Waals surface area contributed by atoms with E-state index in [1.165, 1.54) is 0 Å². The number of likely N-dealkylation sites (tertiary alicyclic amines) is 1. The van der Waals surface area contributed by atoms with Crippen molar-refractivity contribution in [2.75, 3.05) is 24.6 Å². The fourth-order valence-electron chi connectivity index (χ4n) is 7.83. The van der Waals surface area contributed by atoms with Crippen LogP contribution >= 0.6 is 11.6 Å². The van der Waals surface area contributed by atoms with Gasteiger partial charge in [0.1, 0.15) is 23.7 Å². The number of amides is 3. The summed E-state index contributed by atoms with van der Waals surface area (Å²) in [7, 11) is 0. The molecule has 49 heavy (non-hydrogen) atoms. The van der Waals surface area contributed by atoms with Crippen LogP contribution in [0.5, 0.6) is 0 Å². The van der Waals surface area contributed by atoms with Crippen molar-refractivity contribution in [3.63, 3.8) is 0 Å². The van der Waals surface area contributed by atoms with E-state index >= 15 is 4.79 Å². The maximum Gasteiger partial charge on any atom is 0.313 e. The molecule has 260 valence electrons. The van der Waals surface area contributed by atoms with Crippen molar-refractivity contribution in [2.45, 2.75) is 82.3 Å². The number of allylic oxidation sites excluding steroid dienone is 1. The number of anilines is 1. The number of carbonyl (C=O) groups excluding carboxylic acids is 4. The Balaban J connectivity index is 1.43. The van der Waals surface area contributed by atoms with Gasteiger partial charge in [0, 0.05) is 26.1 Å². The van der Waals surface area contributed by atoms with Crippen molar-refractivity contribution in [3.05, 3.63) is 89.0 Å². The van der Waals surface area contributed by atoms with Gasteiger partial charge in [-0.15, -0.1) is 0 Å². The van der Waals surface area contributed by atoms with Gasteiger partial charge in [0.05, 0.1) is 28.8 Å². The summed E-state index contributed by atoms with van der Waals surface area (Å²) >= 11 is 6.75. The number of esters is 1. The number of carbonyl (C=O) groups is 4. The van der Waals surface area contributed by atoms with Crippen molar-refractivity contribution >= 4 is 41.0 Å². The van der Waals surface area contributed by atoms with Crippen molar-refractivity contribution < 1.29 is 33.8 Å². The van der Waals surface area contributed by atoms with Gasteiger partial charge in [-0.3, -0.25) is 19.2 Å². The first-order valence-electron chi connectivity index (χ1n) is 17.2. The third-order valence-electron chi connectivity index (χ3n) is 10.1. The van der Waals surface area contributed by atoms with Crippen molar-refractivity contribution in [2.24, 2.45) is 11.8 Å². The summed E-state index contributed by atoms with van der Waals surface area (Å²) in [6.07, 6.45) is 9.08. The number of rotatable bonds is 8. The number of para-hydroxylation sites is 1. The molecule has 1 spiro atoms. The second kappa shape index (κ2) is 14.9. The lowest BCUT2D eigenvalue weighted by Gasteiger charge is -2.36. The van der Waals surface area contributed by atoms with E-state index in [4.69, 9.17) is 21.1 Å². The Labute approximate surface area is 292 Å². The predicted octanol–water partition coefficient (Wildman–Crippen LogP) is 4.82. The summed E-state index contributed by atoms with van der Waals surface area (Å²) in [4.78, 5) is 60.1. The SMILES string of the molecule is Cc1cccc(Cl)c1N1C/C=C\CCC(=O)N[C@H](C)[C@@H](c2ccccc2)OC(=O)[C@@H]2[C@@H]3C=C[C@]4(O3)[C@H](C1=O)N(CCCCCCO)C(=O)[C@@H]24. The number of benzene rings is 2. The van der Waals surface area contributed by atoms with E-state index in [1.54, 1.807) is 34.9 Å². The molecular formula is C38H44ClN3O7. The number of hydrogen-bond acceptors (Lipinski definition) is 7. The van der Waals surface area contributed by atoms with Gasteiger partial charge in [0.2, 0.25) is 11.8 Å². The second-order valence-electron chi connectivity index (χ2n) is 13.4. The van der Waals surface area contributed by atoms with Crippen LogP contribution in [-0.4, -0.2) is 77.2 Å². The Bertz CT molecular complexity index is 1610. The van der Waals surface area contributed by atoms with Gasteiger partial charge in [-0.25, -0.2) is 0 Å². The van der Waals surface area contributed by atoms with Crippen LogP contribution in [0, 0.1) is 18.8 Å². The molecule has 5 bridgehead atoms. The number of aryl methyl sites for hydroxylation is 1. The van der Waals surface area contributed by atoms with Gasteiger partial charge < -0.3 is 29.7 Å². The van der Waals surface area contributed by atoms with Crippen molar-refractivity contribution in [3.8, 4) is 0 Å². The maximum atomic E-state index is 15.0. The van der Waals surface area contributed by atoms with Crippen LogP contribution in [0.15, 0.2) is 72.8 Å². The van der Waals surface area contributed by atoms with Crippen molar-refractivity contribution in [1.82, 2.24) is 10.2 Å². The molecule has 7 atom stereocenters. The highest BCUT2D eigenvalue weighted by molar-refractivity contribution is 6.34. The Morgan fingerprint density at radius 3 is 2.51 bits per heavy atom. The summed E-state index contributed by atoms with van der Waals surface area (Å²) in [5.74, 6) is -3.51. The highest BCUT2D eigenvalue weighted by atomic mass is 35.5. The van der Waals surface area contributed by atoms with Crippen LogP contribution in [0.2, 0.25) is 5.02 Å². The lowest BCUT2D eigenvalue weighted by Crippen LogP contribution is -2.56. The first kappa shape index (κ1) is 34.9. The van der Waals surface area contributed by atoms with Crippen LogP contribution in [0.1, 0.15) is 62.7 Å². The maximum absolute atomic E-state index is 15.0. The van der Waals surface area contributed by atoms with Crippen LogP contribution in [-0.2, 0) is 28.7 Å². The highest BCUT2D eigenvalue weighted by Gasteiger charge is 2.73. The first-order valence-corrected chi connectivity index (χ1v) is 17.6. The molecule has 0 aliphatic carbocycles. The minimum absolute atomic E-state index is 0.0880. The number of fused-ring (bicyclic) bond motifs is 2. The van der Waals surface area contributed by atoms with E-state index in [1.807, 2.05) is 61.5 Å². The molecule has 10 nitrogen and oxygen atoms in total. The molecule has 2 N–H and O–H groups in total. The molecule has 2 aromatic rings. The minimum Gasteiger partial charge on any atom is -0.455 e. The van der Waals surface area contributed by atoms with Gasteiger partial charge in [-0.05, 0) is 50.3 Å². The third-order valence-corrected chi connectivity index (χ3v) is 10.4. The number of unbranched alkanes of at least 4 members (excludes halogenated alkanes) is 3. The standard InChI is InChI=1S/C38H44ClN3O7/c1-24-14-13-17-27(39)32(24)41-21-11-6-9-18-29(44)40-25(2)33(26-15-7-5-8-16-26)48-37(47)30-28-19-20-38(49-28)31(30)35(45)42(34(38)36(41)46)22-10-3-4-12-23-43/h5-8,11,13-17,19-20,25,28,30-31,33-34,43H,3-4,9-10,12,18,21-23H2,1-2H3,(H,40,44)/b11-6-/t25-,28+,30-,31-,33+,34+,38-/m1/s1. The molecular weight excluding hydrogens is 646 g/mol. The number of cyclic esters (lactones) is 1. The molecule has 3 amide bonds. The monoisotopic (exact) mass is 689 g/mol. The quantitative estimate of drug-likeness (QED) is 0.231. The van der Waals surface area contributed by atoms with E-state index in [0.29, 0.717) is 35.5 Å². The molecule has 0 radical (unpaired) electrons. The molecule has 4 aliphatic heterocycles. The summed E-state index contributed by atoms with van der Waals surface area (Å²) in [6.45, 7) is 4.18. The zero-order chi connectivity index (χ0) is 34.7. The van der Waals surface area contributed by atoms with Gasteiger partial charge in [0.25, 0.3) is 5.91 Å². The summed E-state index contributed by atoms with van der Waals surface area (Å²) in [5.41, 5.74) is 0.623. The van der Waals surface area contributed by atoms with Gasteiger partial charge in [-0.1, -0.05) is 91.2 Å². The van der Waals surface area contributed by atoms with Gasteiger partial charge >= 0.3 is 5.97 Å². The second-order valence-corrected chi connectivity index (χ2v) is 13.8. The molecule has 0 saturated carbocycles. The predicted molar refractivity (Wildman–Crippen MR) is 185 cm³/mol. The molecule has 0 unspecified atom stereocenters. The highest BCUT2D eigenvalue weighted by Crippen LogP contribution is 2.56. The van der Waals surface area contributed by atoms with E-state index in [2.05, 4.69) is 5.32 Å². The van der Waals surface area contributed by atoms with E-state index in [-0.39, 0.29) is 43.8 Å². The van der Waals surface area contributed by atoms with E-state index < -0.39 is 47.7 Å². The van der Waals surface area contributed by atoms with Crippen LogP contribution < -0.4 is 10.2 Å². The van der Waals surface area contributed by atoms with Crippen LogP contribution in [0.3, 0.4) is 0 Å². The van der Waals surface area contributed by atoms with Gasteiger partial charge in [0.15, 0.2) is 0 Å². The number of aliphatic hydroxyl groups is 1. The lowest BCUT2D eigenvalue weighted by molar-refractivity contribution is -0.161. The number of aliphatic hydroxyl groups excluding tert-OH is 1. The van der Waals surface area contributed by atoms with Gasteiger partial charge in [-0.2, -0.15) is 0 Å². The molecule has 2 saturated heterocycles. The smallest absolute Gasteiger partial charge is 0.313 e. The zero-order valence-corrected chi connectivity index (χ0v) is 28.7. The fraction of sp³-hybridized carbons (Fsp3) is 0.474. The first-order chi connectivity index (χ1) is 23.7. The third kappa shape index (κ3) is 6.66. The lowest BCUT2D eigenvalue weighted by atomic mass is 9.74. The summed E-state index contributed by atoms with van der Waals surface area (Å²) < 4.78 is 12.8. The summed E-state index contributed by atoms with van der Waals surface area (Å²) in [5, 5.41) is 12.7. The average molecular weight is 690 g/mol. The summed E-state index contributed by atoms with van der Waals surface area (Å²) in [6, 6.07) is 13.0. The van der Waals surface area contributed by atoms with Crippen LogP contribution in [0.4, 0.5) is 5.69 Å². The van der Waals surface area contributed by atoms with Crippen molar-refractivity contribution in [1.29, 1.82) is 0 Å². The molecule has 4 aliphatic rings. The number of halogens is 1. The largest absolute Gasteiger partial charge is 0.455 e. The number of nitrogens with zero attached hydrogens (tertiary/aromatic N) is 2. The molecule has 2 aromatic carbocycles. The normalized spacial score (nSPS) is 30.8. The van der Waals surface area contributed by atoms with E-state index in [0.717, 1.165) is 18.4 Å². The average Bonchev–Trinajstić information content (AvgIpc) is 3.73. The van der Waals surface area contributed by atoms with Crippen LogP contribution in [0.25, 0.3) is 0 Å².